The highest BCUT2D eigenvalue weighted by Gasteiger charge is 2.19. The molecular weight excluding hydrogens is 213 g/mol. The fourth-order valence-electron chi connectivity index (χ4n) is 2.40. The third-order valence-corrected chi connectivity index (χ3v) is 3.24. The molecule has 86 valence electrons. The standard InChI is InChI=1S/C15H14FN/c16-13-7-5-11(6-8-13)9-14-10-12-3-1-2-4-15(12)17-14/h1-8,14,17H,9-10H2/t14-/m0/s1. The Labute approximate surface area is 100 Å². The molecular formula is C15H14FN. The van der Waals surface area contributed by atoms with Crippen LogP contribution in [-0.2, 0) is 12.8 Å². The molecule has 0 bridgehead atoms. The maximum Gasteiger partial charge on any atom is 0.123 e. The van der Waals surface area contributed by atoms with E-state index in [1.807, 2.05) is 18.2 Å². The molecule has 1 N–H and O–H groups in total. The van der Waals surface area contributed by atoms with Gasteiger partial charge in [-0.1, -0.05) is 30.3 Å². The van der Waals surface area contributed by atoms with Crippen molar-refractivity contribution in [2.45, 2.75) is 18.9 Å². The minimum absolute atomic E-state index is 0.170. The molecule has 0 amide bonds. The average Bonchev–Trinajstić information content (AvgIpc) is 2.74. The van der Waals surface area contributed by atoms with Crippen molar-refractivity contribution in [1.82, 2.24) is 0 Å². The Balaban J connectivity index is 1.71. The summed E-state index contributed by atoms with van der Waals surface area (Å²) >= 11 is 0. The first-order valence-electron chi connectivity index (χ1n) is 5.90. The van der Waals surface area contributed by atoms with Crippen molar-refractivity contribution in [3.63, 3.8) is 0 Å². The lowest BCUT2D eigenvalue weighted by Crippen LogP contribution is -2.18. The van der Waals surface area contributed by atoms with Gasteiger partial charge in [0.1, 0.15) is 5.82 Å². The molecule has 0 unspecified atom stereocenters. The highest BCUT2D eigenvalue weighted by atomic mass is 19.1. The first-order valence-corrected chi connectivity index (χ1v) is 5.90. The van der Waals surface area contributed by atoms with Gasteiger partial charge in [0.05, 0.1) is 0 Å². The quantitative estimate of drug-likeness (QED) is 0.829. The molecule has 1 atom stereocenters. The van der Waals surface area contributed by atoms with Gasteiger partial charge in [0.15, 0.2) is 0 Å². The average molecular weight is 227 g/mol. The van der Waals surface area contributed by atoms with E-state index in [4.69, 9.17) is 0 Å². The molecule has 3 rings (SSSR count). The lowest BCUT2D eigenvalue weighted by atomic mass is 10.0. The first kappa shape index (κ1) is 10.3. The second kappa shape index (κ2) is 4.21. The lowest BCUT2D eigenvalue weighted by Gasteiger charge is -2.11. The van der Waals surface area contributed by atoms with E-state index in [2.05, 4.69) is 23.5 Å². The van der Waals surface area contributed by atoms with Crippen LogP contribution in [-0.4, -0.2) is 6.04 Å². The van der Waals surface area contributed by atoms with E-state index < -0.39 is 0 Å². The number of rotatable bonds is 2. The normalized spacial score (nSPS) is 17.6. The zero-order chi connectivity index (χ0) is 11.7. The summed E-state index contributed by atoms with van der Waals surface area (Å²) in [6.45, 7) is 0. The second-order valence-electron chi connectivity index (χ2n) is 4.53. The Morgan fingerprint density at radius 3 is 2.59 bits per heavy atom. The van der Waals surface area contributed by atoms with Crippen molar-refractivity contribution in [2.24, 2.45) is 0 Å². The summed E-state index contributed by atoms with van der Waals surface area (Å²) in [4.78, 5) is 0. The summed E-state index contributed by atoms with van der Waals surface area (Å²) in [5, 5.41) is 3.50. The summed E-state index contributed by atoms with van der Waals surface area (Å²) in [5.41, 5.74) is 3.79. The topological polar surface area (TPSA) is 12.0 Å². The maximum atomic E-state index is 12.8. The van der Waals surface area contributed by atoms with Crippen LogP contribution < -0.4 is 5.32 Å². The van der Waals surface area contributed by atoms with Crippen LogP contribution in [0, 0.1) is 5.82 Å². The van der Waals surface area contributed by atoms with Gasteiger partial charge in [0.2, 0.25) is 0 Å². The Morgan fingerprint density at radius 1 is 1.06 bits per heavy atom. The molecule has 0 radical (unpaired) electrons. The third kappa shape index (κ3) is 2.16. The highest BCUT2D eigenvalue weighted by Crippen LogP contribution is 2.26. The summed E-state index contributed by atoms with van der Waals surface area (Å²) in [6.07, 6.45) is 1.99. The van der Waals surface area contributed by atoms with Crippen LogP contribution >= 0.6 is 0 Å². The number of halogens is 1. The van der Waals surface area contributed by atoms with Gasteiger partial charge in [-0.05, 0) is 42.2 Å². The van der Waals surface area contributed by atoms with Gasteiger partial charge < -0.3 is 5.32 Å². The molecule has 0 saturated carbocycles. The molecule has 2 heteroatoms. The molecule has 0 spiro atoms. The summed E-state index contributed by atoms with van der Waals surface area (Å²) in [7, 11) is 0. The van der Waals surface area contributed by atoms with Crippen LogP contribution in [0.15, 0.2) is 48.5 Å². The number of nitrogens with one attached hydrogen (secondary N) is 1. The monoisotopic (exact) mass is 227 g/mol. The van der Waals surface area contributed by atoms with Crippen molar-refractivity contribution in [1.29, 1.82) is 0 Å². The predicted octanol–water partition coefficient (Wildman–Crippen LogP) is 3.41. The molecule has 1 aliphatic rings. The van der Waals surface area contributed by atoms with E-state index in [0.29, 0.717) is 6.04 Å². The van der Waals surface area contributed by atoms with Crippen molar-refractivity contribution in [2.75, 3.05) is 5.32 Å². The second-order valence-corrected chi connectivity index (χ2v) is 4.53. The summed E-state index contributed by atoms with van der Waals surface area (Å²) in [5.74, 6) is -0.170. The van der Waals surface area contributed by atoms with Gasteiger partial charge in [-0.2, -0.15) is 0 Å². The SMILES string of the molecule is Fc1ccc(C[C@H]2Cc3ccccc3N2)cc1. The molecule has 2 aromatic carbocycles. The van der Waals surface area contributed by atoms with Crippen molar-refractivity contribution in [3.8, 4) is 0 Å². The van der Waals surface area contributed by atoms with Gasteiger partial charge >= 0.3 is 0 Å². The van der Waals surface area contributed by atoms with Gasteiger partial charge in [-0.25, -0.2) is 4.39 Å². The smallest absolute Gasteiger partial charge is 0.123 e. The van der Waals surface area contributed by atoms with Crippen LogP contribution in [0.1, 0.15) is 11.1 Å². The van der Waals surface area contributed by atoms with Crippen LogP contribution in [0.4, 0.5) is 10.1 Å². The minimum atomic E-state index is -0.170. The summed E-state index contributed by atoms with van der Waals surface area (Å²) < 4.78 is 12.8. The van der Waals surface area contributed by atoms with Crippen LogP contribution in [0.2, 0.25) is 0 Å². The Bertz CT molecular complexity index is 494. The lowest BCUT2D eigenvalue weighted by molar-refractivity contribution is 0.626. The fourth-order valence-corrected chi connectivity index (χ4v) is 2.40. The van der Waals surface area contributed by atoms with Gasteiger partial charge in [0.25, 0.3) is 0 Å². The van der Waals surface area contributed by atoms with Crippen molar-refractivity contribution < 1.29 is 4.39 Å². The van der Waals surface area contributed by atoms with E-state index in [1.165, 1.54) is 28.9 Å². The first-order chi connectivity index (χ1) is 8.31. The van der Waals surface area contributed by atoms with E-state index in [1.54, 1.807) is 0 Å². The number of hydrogen-bond donors (Lipinski definition) is 1. The largest absolute Gasteiger partial charge is 0.381 e. The number of fused-ring (bicyclic) bond motifs is 1. The van der Waals surface area contributed by atoms with Gasteiger partial charge in [-0.3, -0.25) is 0 Å². The molecule has 1 nitrogen and oxygen atoms in total. The molecule has 17 heavy (non-hydrogen) atoms. The van der Waals surface area contributed by atoms with Crippen LogP contribution in [0.25, 0.3) is 0 Å². The molecule has 0 saturated heterocycles. The van der Waals surface area contributed by atoms with Gasteiger partial charge in [-0.15, -0.1) is 0 Å². The van der Waals surface area contributed by atoms with E-state index in [9.17, 15) is 4.39 Å². The Hall–Kier alpha value is -1.83. The molecule has 0 fully saturated rings. The Kier molecular flexibility index (Phi) is 2.56. The molecule has 1 heterocycles. The number of benzene rings is 2. The molecule has 1 aliphatic heterocycles. The van der Waals surface area contributed by atoms with Crippen molar-refractivity contribution in [3.05, 3.63) is 65.5 Å². The minimum Gasteiger partial charge on any atom is -0.381 e. The number of hydrogen-bond acceptors (Lipinski definition) is 1. The third-order valence-electron chi connectivity index (χ3n) is 3.24. The maximum absolute atomic E-state index is 12.8. The van der Waals surface area contributed by atoms with E-state index in [0.717, 1.165) is 12.8 Å². The number of para-hydroxylation sites is 1. The van der Waals surface area contributed by atoms with Crippen LogP contribution in [0.3, 0.4) is 0 Å². The Morgan fingerprint density at radius 2 is 1.82 bits per heavy atom. The van der Waals surface area contributed by atoms with Crippen LogP contribution in [0.5, 0.6) is 0 Å². The van der Waals surface area contributed by atoms with Crippen molar-refractivity contribution >= 4 is 5.69 Å². The van der Waals surface area contributed by atoms with E-state index >= 15 is 0 Å². The zero-order valence-electron chi connectivity index (χ0n) is 9.49. The number of anilines is 1. The summed E-state index contributed by atoms with van der Waals surface area (Å²) in [6, 6.07) is 15.6. The van der Waals surface area contributed by atoms with Gasteiger partial charge in [0, 0.05) is 11.7 Å². The highest BCUT2D eigenvalue weighted by molar-refractivity contribution is 5.56. The molecule has 0 aromatic heterocycles. The zero-order valence-corrected chi connectivity index (χ0v) is 9.49. The molecule has 0 aliphatic carbocycles. The predicted molar refractivity (Wildman–Crippen MR) is 67.7 cm³/mol. The fraction of sp³-hybridized carbons (Fsp3) is 0.200. The molecule has 2 aromatic rings. The van der Waals surface area contributed by atoms with E-state index in [-0.39, 0.29) is 5.82 Å².